The van der Waals surface area contributed by atoms with Crippen LogP contribution in [-0.4, -0.2) is 19.0 Å². The largest absolute Gasteiger partial charge is 0.323 e. The molecule has 0 unspecified atom stereocenters. The molecule has 0 heterocycles. The van der Waals surface area contributed by atoms with Gasteiger partial charge in [0.2, 0.25) is 0 Å². The minimum absolute atomic E-state index is 0.127. The smallest absolute Gasteiger partial charge is 0.311 e. The van der Waals surface area contributed by atoms with E-state index in [1.54, 1.807) is 60.5 Å². The van der Waals surface area contributed by atoms with E-state index in [1.807, 2.05) is 30.3 Å². The lowest BCUT2D eigenvalue weighted by Gasteiger charge is -2.17. The predicted molar refractivity (Wildman–Crippen MR) is 110 cm³/mol. The van der Waals surface area contributed by atoms with Crippen LogP contribution < -0.4 is 15.5 Å². The van der Waals surface area contributed by atoms with E-state index in [0.717, 1.165) is 5.69 Å². The maximum Gasteiger partial charge on any atom is 0.323 e. The summed E-state index contributed by atoms with van der Waals surface area (Å²) in [4.78, 5) is 26.2. The third kappa shape index (κ3) is 4.86. The highest BCUT2D eigenvalue weighted by molar-refractivity contribution is 6.30. The first kappa shape index (κ1) is 18.5. The van der Waals surface area contributed by atoms with E-state index in [9.17, 15) is 9.59 Å². The molecule has 0 saturated carbocycles. The van der Waals surface area contributed by atoms with Crippen molar-refractivity contribution in [1.82, 2.24) is 0 Å². The van der Waals surface area contributed by atoms with Crippen LogP contribution in [-0.2, 0) is 0 Å². The van der Waals surface area contributed by atoms with Crippen molar-refractivity contribution < 1.29 is 9.59 Å². The van der Waals surface area contributed by atoms with Crippen molar-refractivity contribution in [3.05, 3.63) is 89.4 Å². The van der Waals surface area contributed by atoms with E-state index >= 15 is 0 Å². The van der Waals surface area contributed by atoms with Gasteiger partial charge in [-0.25, -0.2) is 4.79 Å². The van der Waals surface area contributed by atoms with Crippen molar-refractivity contribution in [2.75, 3.05) is 22.6 Å². The Labute approximate surface area is 162 Å². The number of halogens is 1. The number of amides is 3. The summed E-state index contributed by atoms with van der Waals surface area (Å²) in [6.07, 6.45) is 0. The molecule has 136 valence electrons. The summed E-state index contributed by atoms with van der Waals surface area (Å²) < 4.78 is 0. The summed E-state index contributed by atoms with van der Waals surface area (Å²) >= 11 is 5.82. The number of nitrogens with one attached hydrogen (secondary N) is 2. The molecule has 6 heteroatoms. The van der Waals surface area contributed by atoms with E-state index < -0.39 is 0 Å². The van der Waals surface area contributed by atoms with E-state index in [1.165, 1.54) is 0 Å². The number of anilines is 3. The van der Waals surface area contributed by atoms with Crippen LogP contribution in [0, 0.1) is 0 Å². The van der Waals surface area contributed by atoms with Crippen molar-refractivity contribution in [2.24, 2.45) is 0 Å². The van der Waals surface area contributed by atoms with Crippen LogP contribution in [0.3, 0.4) is 0 Å². The molecule has 0 saturated heterocycles. The minimum Gasteiger partial charge on any atom is -0.311 e. The summed E-state index contributed by atoms with van der Waals surface area (Å²) in [5, 5.41) is 6.03. The average Bonchev–Trinajstić information content (AvgIpc) is 2.70. The fraction of sp³-hybridized carbons (Fsp3) is 0.0476. The fourth-order valence-corrected chi connectivity index (χ4v) is 2.61. The van der Waals surface area contributed by atoms with Gasteiger partial charge in [-0.15, -0.1) is 0 Å². The molecule has 27 heavy (non-hydrogen) atoms. The summed E-state index contributed by atoms with van der Waals surface area (Å²) in [5.41, 5.74) is 2.56. The predicted octanol–water partition coefficient (Wildman–Crippen LogP) is 5.26. The van der Waals surface area contributed by atoms with E-state index in [2.05, 4.69) is 10.6 Å². The molecular formula is C21H18ClN3O2. The van der Waals surface area contributed by atoms with Gasteiger partial charge in [0.1, 0.15) is 0 Å². The van der Waals surface area contributed by atoms with Gasteiger partial charge >= 0.3 is 6.03 Å². The molecule has 3 aromatic rings. The Morgan fingerprint density at radius 1 is 0.778 bits per heavy atom. The van der Waals surface area contributed by atoms with Crippen LogP contribution in [0.15, 0.2) is 78.9 Å². The lowest BCUT2D eigenvalue weighted by atomic mass is 10.1. The van der Waals surface area contributed by atoms with Gasteiger partial charge in [0, 0.05) is 34.7 Å². The Morgan fingerprint density at radius 2 is 1.30 bits per heavy atom. The van der Waals surface area contributed by atoms with Gasteiger partial charge in [-0.05, 0) is 60.7 Å². The number of benzene rings is 3. The van der Waals surface area contributed by atoms with Crippen LogP contribution >= 0.6 is 11.6 Å². The summed E-state index contributed by atoms with van der Waals surface area (Å²) in [6, 6.07) is 22.6. The van der Waals surface area contributed by atoms with Crippen LogP contribution in [0.1, 0.15) is 10.4 Å². The highest BCUT2D eigenvalue weighted by Crippen LogP contribution is 2.17. The van der Waals surface area contributed by atoms with E-state index in [0.29, 0.717) is 22.0 Å². The lowest BCUT2D eigenvalue weighted by Crippen LogP contribution is -2.26. The van der Waals surface area contributed by atoms with Gasteiger partial charge in [-0.1, -0.05) is 29.8 Å². The second kappa shape index (κ2) is 8.38. The van der Waals surface area contributed by atoms with Gasteiger partial charge in [0.25, 0.3) is 5.91 Å². The second-order valence-corrected chi connectivity index (χ2v) is 6.30. The molecule has 3 amide bonds. The molecule has 0 aromatic heterocycles. The molecule has 0 aliphatic carbocycles. The van der Waals surface area contributed by atoms with Gasteiger partial charge in [-0.3, -0.25) is 4.79 Å². The second-order valence-electron chi connectivity index (χ2n) is 5.86. The zero-order valence-corrected chi connectivity index (χ0v) is 15.4. The average molecular weight is 380 g/mol. The zero-order chi connectivity index (χ0) is 19.2. The van der Waals surface area contributed by atoms with Crippen LogP contribution in [0.25, 0.3) is 0 Å². The summed E-state index contributed by atoms with van der Waals surface area (Å²) in [5.74, 6) is -0.127. The zero-order valence-electron chi connectivity index (χ0n) is 14.6. The van der Waals surface area contributed by atoms with Crippen molar-refractivity contribution in [3.63, 3.8) is 0 Å². The van der Waals surface area contributed by atoms with E-state index in [-0.39, 0.29) is 11.9 Å². The quantitative estimate of drug-likeness (QED) is 0.649. The number of carbonyl (C=O) groups is 2. The molecule has 3 aromatic carbocycles. The Bertz CT molecular complexity index is 926. The maximum atomic E-state index is 12.6. The first-order valence-electron chi connectivity index (χ1n) is 8.30. The summed E-state index contributed by atoms with van der Waals surface area (Å²) in [6.45, 7) is 0. The number of carbonyl (C=O) groups excluding carboxylic acids is 2. The van der Waals surface area contributed by atoms with Gasteiger partial charge in [0.05, 0.1) is 0 Å². The van der Waals surface area contributed by atoms with Gasteiger partial charge in [-0.2, -0.15) is 0 Å². The van der Waals surface area contributed by atoms with Crippen LogP contribution in [0.4, 0.5) is 21.9 Å². The molecule has 0 aliphatic heterocycles. The minimum atomic E-state index is -0.377. The highest BCUT2D eigenvalue weighted by atomic mass is 35.5. The molecule has 0 aliphatic rings. The molecule has 2 N–H and O–H groups in total. The molecule has 0 spiro atoms. The monoisotopic (exact) mass is 379 g/mol. The lowest BCUT2D eigenvalue weighted by molar-refractivity contribution is 0.0993. The third-order valence-electron chi connectivity index (χ3n) is 3.94. The molecule has 0 bridgehead atoms. The Balaban J connectivity index is 1.62. The number of urea groups is 1. The highest BCUT2D eigenvalue weighted by Gasteiger charge is 2.13. The van der Waals surface area contributed by atoms with Crippen LogP contribution in [0.2, 0.25) is 5.02 Å². The third-order valence-corrected chi connectivity index (χ3v) is 4.19. The Kier molecular flexibility index (Phi) is 5.74. The number of para-hydroxylation sites is 1. The number of hydrogen-bond acceptors (Lipinski definition) is 2. The first-order valence-corrected chi connectivity index (χ1v) is 8.67. The molecule has 3 rings (SSSR count). The number of rotatable bonds is 4. The first-order chi connectivity index (χ1) is 13.0. The molecule has 0 radical (unpaired) electrons. The van der Waals surface area contributed by atoms with Crippen molar-refractivity contribution in [2.45, 2.75) is 0 Å². The van der Waals surface area contributed by atoms with Crippen LogP contribution in [0.5, 0.6) is 0 Å². The molecule has 5 nitrogen and oxygen atoms in total. The maximum absolute atomic E-state index is 12.6. The van der Waals surface area contributed by atoms with Crippen molar-refractivity contribution in [1.29, 1.82) is 0 Å². The molecule has 0 atom stereocenters. The number of hydrogen-bond donors (Lipinski definition) is 2. The number of nitrogens with zero attached hydrogens (tertiary/aromatic N) is 1. The normalized spacial score (nSPS) is 10.1. The van der Waals surface area contributed by atoms with E-state index in [4.69, 9.17) is 11.6 Å². The van der Waals surface area contributed by atoms with Gasteiger partial charge < -0.3 is 15.5 Å². The fourth-order valence-electron chi connectivity index (χ4n) is 2.49. The van der Waals surface area contributed by atoms with Gasteiger partial charge in [0.15, 0.2) is 0 Å². The Morgan fingerprint density at radius 3 is 1.85 bits per heavy atom. The standard InChI is InChI=1S/C21H18ClN3O2/c1-25(19-5-3-2-4-6-19)20(26)15-7-11-17(12-8-15)23-21(27)24-18-13-9-16(22)10-14-18/h2-14H,1H3,(H2,23,24,27). The summed E-state index contributed by atoms with van der Waals surface area (Å²) in [7, 11) is 1.73. The topological polar surface area (TPSA) is 61.4 Å². The Hall–Kier alpha value is -3.31. The SMILES string of the molecule is CN(C(=O)c1ccc(NC(=O)Nc2ccc(Cl)cc2)cc1)c1ccccc1. The molecular weight excluding hydrogens is 362 g/mol. The van der Waals surface area contributed by atoms with Crippen molar-refractivity contribution >= 4 is 40.6 Å². The van der Waals surface area contributed by atoms with Crippen molar-refractivity contribution in [3.8, 4) is 0 Å². The molecule has 0 fully saturated rings.